The van der Waals surface area contributed by atoms with Crippen molar-refractivity contribution in [2.45, 2.75) is 26.3 Å². The summed E-state index contributed by atoms with van der Waals surface area (Å²) in [5, 5.41) is 8.98. The van der Waals surface area contributed by atoms with Crippen molar-refractivity contribution >= 4 is 27.8 Å². The van der Waals surface area contributed by atoms with Crippen LogP contribution in [0.15, 0.2) is 22.7 Å². The van der Waals surface area contributed by atoms with Gasteiger partial charge in [0, 0.05) is 10.0 Å². The van der Waals surface area contributed by atoms with Crippen molar-refractivity contribution in [1.82, 2.24) is 4.90 Å². The first kappa shape index (κ1) is 16.5. The van der Waals surface area contributed by atoms with Crippen molar-refractivity contribution in [3.63, 3.8) is 0 Å². The maximum atomic E-state index is 12.6. The highest BCUT2D eigenvalue weighted by Crippen LogP contribution is 2.27. The number of benzene rings is 1. The Morgan fingerprint density at radius 2 is 1.95 bits per heavy atom. The number of aliphatic carboxylic acids is 1. The lowest BCUT2D eigenvalue weighted by molar-refractivity contribution is -0.138. The Bertz CT molecular complexity index is 522. The van der Waals surface area contributed by atoms with Crippen molar-refractivity contribution in [3.05, 3.63) is 28.2 Å². The van der Waals surface area contributed by atoms with E-state index in [1.165, 1.54) is 12.0 Å². The molecule has 0 bridgehead atoms. The third-order valence-corrected chi connectivity index (χ3v) is 3.24. The molecule has 0 aliphatic carbocycles. The molecule has 0 atom stereocenters. The van der Waals surface area contributed by atoms with Crippen LogP contribution in [0.2, 0.25) is 0 Å². The van der Waals surface area contributed by atoms with Crippen LogP contribution in [0.5, 0.6) is 5.75 Å². The highest BCUT2D eigenvalue weighted by Gasteiger charge is 2.30. The van der Waals surface area contributed by atoms with Gasteiger partial charge in [0.05, 0.1) is 12.7 Å². The molecule has 0 saturated carbocycles. The number of carboxylic acid groups (broad SMARTS) is 1. The summed E-state index contributed by atoms with van der Waals surface area (Å²) in [6, 6.07) is 5.01. The maximum Gasteiger partial charge on any atom is 0.323 e. The average molecular weight is 344 g/mol. The van der Waals surface area contributed by atoms with Gasteiger partial charge in [-0.3, -0.25) is 9.59 Å². The van der Waals surface area contributed by atoms with Crippen LogP contribution in [0, 0.1) is 0 Å². The van der Waals surface area contributed by atoms with Crippen LogP contribution in [-0.2, 0) is 4.79 Å². The molecule has 20 heavy (non-hydrogen) atoms. The van der Waals surface area contributed by atoms with Gasteiger partial charge in [0.2, 0.25) is 0 Å². The fourth-order valence-electron chi connectivity index (χ4n) is 1.74. The Morgan fingerprint density at radius 1 is 1.35 bits per heavy atom. The fourth-order valence-corrected chi connectivity index (χ4v) is 2.08. The predicted molar refractivity (Wildman–Crippen MR) is 79.1 cm³/mol. The van der Waals surface area contributed by atoms with Gasteiger partial charge < -0.3 is 14.7 Å². The van der Waals surface area contributed by atoms with Gasteiger partial charge in [-0.25, -0.2) is 0 Å². The summed E-state index contributed by atoms with van der Waals surface area (Å²) in [5.41, 5.74) is -0.264. The maximum absolute atomic E-state index is 12.6. The molecule has 1 N–H and O–H groups in total. The van der Waals surface area contributed by atoms with Gasteiger partial charge in [0.15, 0.2) is 0 Å². The summed E-state index contributed by atoms with van der Waals surface area (Å²) in [4.78, 5) is 24.9. The molecule has 0 unspecified atom stereocenters. The van der Waals surface area contributed by atoms with Gasteiger partial charge in [-0.1, -0.05) is 15.9 Å². The molecular formula is C14H18BrNO4. The van der Waals surface area contributed by atoms with E-state index in [1.54, 1.807) is 39.0 Å². The van der Waals surface area contributed by atoms with E-state index >= 15 is 0 Å². The summed E-state index contributed by atoms with van der Waals surface area (Å²) >= 11 is 3.30. The molecule has 0 aliphatic heterocycles. The SMILES string of the molecule is COc1cc(Br)ccc1C(=O)N(CC(=O)O)C(C)(C)C. The zero-order valence-electron chi connectivity index (χ0n) is 11.9. The van der Waals surface area contributed by atoms with Crippen molar-refractivity contribution in [2.75, 3.05) is 13.7 Å². The predicted octanol–water partition coefficient (Wildman–Crippen LogP) is 2.78. The van der Waals surface area contributed by atoms with Crippen molar-refractivity contribution in [1.29, 1.82) is 0 Å². The van der Waals surface area contributed by atoms with Gasteiger partial charge >= 0.3 is 5.97 Å². The number of hydrogen-bond donors (Lipinski definition) is 1. The number of methoxy groups -OCH3 is 1. The summed E-state index contributed by atoms with van der Waals surface area (Å²) in [6.45, 7) is 5.01. The summed E-state index contributed by atoms with van der Waals surface area (Å²) in [6.07, 6.45) is 0. The van der Waals surface area contributed by atoms with Crippen molar-refractivity contribution in [3.8, 4) is 5.75 Å². The molecule has 1 aromatic carbocycles. The largest absolute Gasteiger partial charge is 0.496 e. The highest BCUT2D eigenvalue weighted by atomic mass is 79.9. The second-order valence-corrected chi connectivity index (χ2v) is 6.22. The van der Waals surface area contributed by atoms with E-state index in [0.29, 0.717) is 11.3 Å². The molecule has 0 radical (unpaired) electrons. The lowest BCUT2D eigenvalue weighted by Gasteiger charge is -2.34. The van der Waals surface area contributed by atoms with Gasteiger partial charge in [-0.05, 0) is 39.0 Å². The average Bonchev–Trinajstić information content (AvgIpc) is 2.33. The van der Waals surface area contributed by atoms with Gasteiger partial charge in [-0.2, -0.15) is 0 Å². The van der Waals surface area contributed by atoms with E-state index in [0.717, 1.165) is 4.47 Å². The number of carboxylic acids is 1. The zero-order valence-corrected chi connectivity index (χ0v) is 13.5. The number of carbonyl (C=O) groups excluding carboxylic acids is 1. The fraction of sp³-hybridized carbons (Fsp3) is 0.429. The highest BCUT2D eigenvalue weighted by molar-refractivity contribution is 9.10. The van der Waals surface area contributed by atoms with E-state index in [4.69, 9.17) is 9.84 Å². The molecule has 0 spiro atoms. The van der Waals surface area contributed by atoms with Crippen LogP contribution >= 0.6 is 15.9 Å². The Morgan fingerprint density at radius 3 is 2.40 bits per heavy atom. The molecule has 0 fully saturated rings. The smallest absolute Gasteiger partial charge is 0.323 e. The number of ether oxygens (including phenoxy) is 1. The lowest BCUT2D eigenvalue weighted by atomic mass is 10.0. The molecule has 1 aromatic rings. The van der Waals surface area contributed by atoms with Gasteiger partial charge in [0.1, 0.15) is 12.3 Å². The molecule has 0 heterocycles. The topological polar surface area (TPSA) is 66.8 Å². The van der Waals surface area contributed by atoms with E-state index in [9.17, 15) is 9.59 Å². The minimum absolute atomic E-state index is 0.340. The van der Waals surface area contributed by atoms with Gasteiger partial charge in [0.25, 0.3) is 5.91 Å². The monoisotopic (exact) mass is 343 g/mol. The summed E-state index contributed by atoms with van der Waals surface area (Å²) in [5.74, 6) is -1.02. The number of amides is 1. The zero-order chi connectivity index (χ0) is 15.5. The van der Waals surface area contributed by atoms with Crippen LogP contribution in [-0.4, -0.2) is 41.1 Å². The molecule has 1 rings (SSSR count). The van der Waals surface area contributed by atoms with Crippen molar-refractivity contribution < 1.29 is 19.4 Å². The number of hydrogen-bond acceptors (Lipinski definition) is 3. The van der Waals surface area contributed by atoms with Crippen LogP contribution in [0.1, 0.15) is 31.1 Å². The van der Waals surface area contributed by atoms with Crippen LogP contribution in [0.3, 0.4) is 0 Å². The molecule has 0 aromatic heterocycles. The first-order valence-corrected chi connectivity index (χ1v) is 6.83. The molecule has 6 heteroatoms. The molecule has 5 nitrogen and oxygen atoms in total. The van der Waals surface area contributed by atoms with Crippen LogP contribution < -0.4 is 4.74 Å². The van der Waals surface area contributed by atoms with E-state index in [1.807, 2.05) is 0 Å². The molecule has 110 valence electrons. The van der Waals surface area contributed by atoms with E-state index < -0.39 is 11.5 Å². The third kappa shape index (κ3) is 3.96. The van der Waals surface area contributed by atoms with Crippen LogP contribution in [0.4, 0.5) is 0 Å². The normalized spacial score (nSPS) is 11.1. The number of nitrogens with zero attached hydrogens (tertiary/aromatic N) is 1. The Kier molecular flexibility index (Phi) is 5.16. The van der Waals surface area contributed by atoms with Gasteiger partial charge in [-0.15, -0.1) is 0 Å². The van der Waals surface area contributed by atoms with E-state index in [-0.39, 0.29) is 12.5 Å². The molecule has 1 amide bonds. The summed E-state index contributed by atoms with van der Waals surface area (Å²) < 4.78 is 5.97. The minimum Gasteiger partial charge on any atom is -0.496 e. The Balaban J connectivity index is 3.22. The minimum atomic E-state index is -1.05. The quantitative estimate of drug-likeness (QED) is 0.912. The first-order chi connectivity index (χ1) is 9.16. The third-order valence-electron chi connectivity index (χ3n) is 2.74. The molecule has 0 saturated heterocycles. The lowest BCUT2D eigenvalue weighted by Crippen LogP contribution is -2.48. The van der Waals surface area contributed by atoms with Crippen molar-refractivity contribution in [2.24, 2.45) is 0 Å². The number of rotatable bonds is 4. The second-order valence-electron chi connectivity index (χ2n) is 5.30. The van der Waals surface area contributed by atoms with Crippen LogP contribution in [0.25, 0.3) is 0 Å². The van der Waals surface area contributed by atoms with E-state index in [2.05, 4.69) is 15.9 Å². The standard InChI is InChI=1S/C14H18BrNO4/c1-14(2,3)16(8-12(17)18)13(19)10-6-5-9(15)7-11(10)20-4/h5-7H,8H2,1-4H3,(H,17,18). The molecular weight excluding hydrogens is 326 g/mol. The Hall–Kier alpha value is -1.56. The number of carbonyl (C=O) groups is 2. The second kappa shape index (κ2) is 6.26. The molecule has 0 aliphatic rings. The first-order valence-electron chi connectivity index (χ1n) is 6.04. The number of halogens is 1. The summed E-state index contributed by atoms with van der Waals surface area (Å²) in [7, 11) is 1.47. The Labute approximate surface area is 126 Å².